The van der Waals surface area contributed by atoms with E-state index in [-0.39, 0.29) is 5.91 Å². The molecule has 3 aliphatic rings. The van der Waals surface area contributed by atoms with E-state index < -0.39 is 0 Å². The van der Waals surface area contributed by atoms with Gasteiger partial charge in [-0.15, -0.1) is 0 Å². The standard InChI is InChI=1S/C26H28N4O/c27-19-20-6-9-25-22(17-20)5-4-13-30(25)23-7-8-24-21(18-23)10-14-29(26(24)31)16-15-28-11-2-1-3-12-28/h4,6-9,13,17-18H,1-3,5,10-12,14-16H2. The van der Waals surface area contributed by atoms with Crippen molar-refractivity contribution in [3.63, 3.8) is 0 Å². The van der Waals surface area contributed by atoms with Gasteiger partial charge < -0.3 is 14.7 Å². The van der Waals surface area contributed by atoms with Crippen molar-refractivity contribution in [3.8, 4) is 6.07 Å². The molecule has 1 saturated heterocycles. The minimum Gasteiger partial charge on any atom is -0.337 e. The van der Waals surface area contributed by atoms with Crippen LogP contribution in [0.3, 0.4) is 0 Å². The minimum absolute atomic E-state index is 0.165. The summed E-state index contributed by atoms with van der Waals surface area (Å²) in [5.74, 6) is 0.165. The SMILES string of the molecule is N#Cc1ccc2c(c1)CC=CN2c1ccc2c(c1)CCN(CCN1CCCCC1)C2=O. The quantitative estimate of drug-likeness (QED) is 0.753. The summed E-state index contributed by atoms with van der Waals surface area (Å²) in [6.45, 7) is 4.94. The lowest BCUT2D eigenvalue weighted by atomic mass is 9.96. The van der Waals surface area contributed by atoms with Crippen LogP contribution in [-0.2, 0) is 12.8 Å². The summed E-state index contributed by atoms with van der Waals surface area (Å²) >= 11 is 0. The zero-order valence-corrected chi connectivity index (χ0v) is 17.9. The Kier molecular flexibility index (Phi) is 5.48. The van der Waals surface area contributed by atoms with Crippen LogP contribution < -0.4 is 4.90 Å². The first-order valence-corrected chi connectivity index (χ1v) is 11.4. The maximum atomic E-state index is 13.1. The monoisotopic (exact) mass is 412 g/mol. The molecular formula is C26H28N4O. The predicted molar refractivity (Wildman–Crippen MR) is 122 cm³/mol. The molecule has 0 atom stereocenters. The molecule has 5 nitrogen and oxygen atoms in total. The lowest BCUT2D eigenvalue weighted by Gasteiger charge is -2.33. The molecule has 31 heavy (non-hydrogen) atoms. The first-order valence-electron chi connectivity index (χ1n) is 11.4. The van der Waals surface area contributed by atoms with E-state index in [9.17, 15) is 10.1 Å². The molecule has 0 N–H and O–H groups in total. The van der Waals surface area contributed by atoms with Gasteiger partial charge in [-0.25, -0.2) is 0 Å². The summed E-state index contributed by atoms with van der Waals surface area (Å²) in [7, 11) is 0. The zero-order chi connectivity index (χ0) is 21.2. The second kappa shape index (κ2) is 8.56. The normalized spacial score (nSPS) is 18.5. The van der Waals surface area contributed by atoms with Gasteiger partial charge in [0.2, 0.25) is 0 Å². The Balaban J connectivity index is 1.33. The highest BCUT2D eigenvalue weighted by molar-refractivity contribution is 5.97. The summed E-state index contributed by atoms with van der Waals surface area (Å²) in [5.41, 5.74) is 5.98. The fourth-order valence-corrected chi connectivity index (χ4v) is 4.98. The molecule has 0 unspecified atom stereocenters. The van der Waals surface area contributed by atoms with E-state index in [1.54, 1.807) is 0 Å². The number of carbonyl (C=O) groups is 1. The molecule has 1 amide bonds. The number of nitrogens with zero attached hydrogens (tertiary/aromatic N) is 4. The van der Waals surface area contributed by atoms with Gasteiger partial charge in [0, 0.05) is 42.8 Å². The summed E-state index contributed by atoms with van der Waals surface area (Å²) in [5, 5.41) is 9.19. The second-order valence-electron chi connectivity index (χ2n) is 8.70. The maximum Gasteiger partial charge on any atom is 0.254 e. The van der Waals surface area contributed by atoms with Crippen LogP contribution in [0.25, 0.3) is 0 Å². The van der Waals surface area contributed by atoms with E-state index in [0.29, 0.717) is 5.56 Å². The van der Waals surface area contributed by atoms with Gasteiger partial charge in [-0.1, -0.05) is 12.5 Å². The molecule has 0 spiro atoms. The van der Waals surface area contributed by atoms with E-state index in [0.717, 1.165) is 60.5 Å². The highest BCUT2D eigenvalue weighted by Crippen LogP contribution is 2.35. The lowest BCUT2D eigenvalue weighted by Crippen LogP contribution is -2.43. The number of carbonyl (C=O) groups excluding carboxylic acids is 1. The summed E-state index contributed by atoms with van der Waals surface area (Å²) in [6, 6.07) is 14.3. The molecule has 5 heteroatoms. The second-order valence-corrected chi connectivity index (χ2v) is 8.70. The van der Waals surface area contributed by atoms with Crippen LogP contribution in [0.4, 0.5) is 11.4 Å². The Labute approximate surface area is 184 Å². The molecule has 0 saturated carbocycles. The van der Waals surface area contributed by atoms with Gasteiger partial charge in [0.25, 0.3) is 5.91 Å². The topological polar surface area (TPSA) is 50.6 Å². The van der Waals surface area contributed by atoms with Gasteiger partial charge in [-0.05, 0) is 86.3 Å². The Morgan fingerprint density at radius 2 is 1.81 bits per heavy atom. The molecule has 5 rings (SSSR count). The van der Waals surface area contributed by atoms with E-state index in [1.165, 1.54) is 32.4 Å². The number of fused-ring (bicyclic) bond motifs is 2. The zero-order valence-electron chi connectivity index (χ0n) is 17.9. The largest absolute Gasteiger partial charge is 0.337 e. The van der Waals surface area contributed by atoms with Crippen LogP contribution in [0.5, 0.6) is 0 Å². The van der Waals surface area contributed by atoms with Crippen LogP contribution in [0.15, 0.2) is 48.7 Å². The number of anilines is 2. The Morgan fingerprint density at radius 1 is 0.935 bits per heavy atom. The number of hydrogen-bond acceptors (Lipinski definition) is 4. The summed E-state index contributed by atoms with van der Waals surface area (Å²) in [6.07, 6.45) is 9.84. The Morgan fingerprint density at radius 3 is 2.65 bits per heavy atom. The molecule has 0 aromatic heterocycles. The van der Waals surface area contributed by atoms with Gasteiger partial charge in [0.05, 0.1) is 11.6 Å². The van der Waals surface area contributed by atoms with Crippen molar-refractivity contribution in [2.24, 2.45) is 0 Å². The van der Waals surface area contributed by atoms with Crippen molar-refractivity contribution in [1.29, 1.82) is 5.26 Å². The summed E-state index contributed by atoms with van der Waals surface area (Å²) in [4.78, 5) is 19.8. The highest BCUT2D eigenvalue weighted by Gasteiger charge is 2.26. The molecule has 1 fully saturated rings. The Hall–Kier alpha value is -3.10. The third-order valence-corrected chi connectivity index (χ3v) is 6.73. The van der Waals surface area contributed by atoms with Crippen LogP contribution in [-0.4, -0.2) is 48.4 Å². The van der Waals surface area contributed by atoms with Gasteiger partial charge in [0.1, 0.15) is 0 Å². The smallest absolute Gasteiger partial charge is 0.254 e. The van der Waals surface area contributed by atoms with Crippen LogP contribution in [0.2, 0.25) is 0 Å². The third-order valence-electron chi connectivity index (χ3n) is 6.73. The molecule has 0 aliphatic carbocycles. The predicted octanol–water partition coefficient (Wildman–Crippen LogP) is 4.25. The number of rotatable bonds is 4. The van der Waals surface area contributed by atoms with Gasteiger partial charge >= 0.3 is 0 Å². The van der Waals surface area contributed by atoms with Gasteiger partial charge in [-0.3, -0.25) is 4.79 Å². The molecule has 2 aromatic carbocycles. The van der Waals surface area contributed by atoms with Crippen molar-refractivity contribution >= 4 is 17.3 Å². The molecule has 3 aliphatic heterocycles. The number of likely N-dealkylation sites (tertiary alicyclic amines) is 1. The first-order chi connectivity index (χ1) is 15.2. The van der Waals surface area contributed by atoms with Crippen LogP contribution in [0, 0.1) is 11.3 Å². The number of allylic oxidation sites excluding steroid dienone is 1. The number of amides is 1. The van der Waals surface area contributed by atoms with Crippen molar-refractivity contribution < 1.29 is 4.79 Å². The van der Waals surface area contributed by atoms with Gasteiger partial charge in [-0.2, -0.15) is 5.26 Å². The first kappa shape index (κ1) is 19.8. The molecular weight excluding hydrogens is 384 g/mol. The van der Waals surface area contributed by atoms with E-state index in [1.807, 2.05) is 35.2 Å². The molecule has 2 aromatic rings. The van der Waals surface area contributed by atoms with Crippen molar-refractivity contribution in [2.45, 2.75) is 32.1 Å². The molecule has 0 radical (unpaired) electrons. The number of nitriles is 1. The summed E-state index contributed by atoms with van der Waals surface area (Å²) < 4.78 is 0. The van der Waals surface area contributed by atoms with Crippen molar-refractivity contribution in [2.75, 3.05) is 37.6 Å². The number of benzene rings is 2. The lowest BCUT2D eigenvalue weighted by molar-refractivity contribution is 0.0713. The highest BCUT2D eigenvalue weighted by atomic mass is 16.2. The van der Waals surface area contributed by atoms with E-state index in [2.05, 4.69) is 34.2 Å². The average Bonchev–Trinajstić information content (AvgIpc) is 2.83. The van der Waals surface area contributed by atoms with Crippen molar-refractivity contribution in [1.82, 2.24) is 9.80 Å². The van der Waals surface area contributed by atoms with Crippen LogP contribution >= 0.6 is 0 Å². The molecule has 158 valence electrons. The third kappa shape index (κ3) is 3.96. The molecule has 3 heterocycles. The van der Waals surface area contributed by atoms with E-state index >= 15 is 0 Å². The molecule has 0 bridgehead atoms. The van der Waals surface area contributed by atoms with Gasteiger partial charge in [0.15, 0.2) is 0 Å². The minimum atomic E-state index is 0.165. The fourth-order valence-electron chi connectivity index (χ4n) is 4.98. The maximum absolute atomic E-state index is 13.1. The fraction of sp³-hybridized carbons (Fsp3) is 0.385. The van der Waals surface area contributed by atoms with Crippen molar-refractivity contribution in [3.05, 3.63) is 70.9 Å². The van der Waals surface area contributed by atoms with E-state index in [4.69, 9.17) is 0 Å². The number of piperidine rings is 1. The van der Waals surface area contributed by atoms with Crippen LogP contribution in [0.1, 0.15) is 46.3 Å². The average molecular weight is 413 g/mol. The number of hydrogen-bond donors (Lipinski definition) is 0. The Bertz CT molecular complexity index is 1060.